The number of hydrogen-bond donors (Lipinski definition) is 1. The Balaban J connectivity index is 2.32. The van der Waals surface area contributed by atoms with Crippen LogP contribution in [0.5, 0.6) is 0 Å². The first-order chi connectivity index (χ1) is 13.0. The van der Waals surface area contributed by atoms with E-state index in [9.17, 15) is 13.2 Å². The maximum Gasteiger partial charge on any atom is 0.250 e. The van der Waals surface area contributed by atoms with E-state index < -0.39 is 22.0 Å². The monoisotopic (exact) mass is 442 g/mol. The fourth-order valence-electron chi connectivity index (χ4n) is 2.84. The maximum atomic E-state index is 12.9. The van der Waals surface area contributed by atoms with Crippen LogP contribution in [0.25, 0.3) is 0 Å². The van der Waals surface area contributed by atoms with E-state index in [1.165, 1.54) is 15.6 Å². The number of amides is 1. The van der Waals surface area contributed by atoms with Crippen molar-refractivity contribution in [3.63, 3.8) is 0 Å². The SMILES string of the molecule is CCC(C(=O)Nc1nnc(SC(C)C)s1)N(c1cc(C)cc(C)c1)S(C)(=O)=O. The summed E-state index contributed by atoms with van der Waals surface area (Å²) in [7, 11) is -3.68. The van der Waals surface area contributed by atoms with Crippen molar-refractivity contribution in [3.8, 4) is 0 Å². The molecule has 1 aromatic heterocycles. The van der Waals surface area contributed by atoms with Crippen LogP contribution in [-0.4, -0.2) is 42.1 Å². The first-order valence-corrected chi connectivity index (χ1v) is 12.4. The summed E-state index contributed by atoms with van der Waals surface area (Å²) in [5, 5.41) is 11.5. The quantitative estimate of drug-likeness (QED) is 0.493. The number of thioether (sulfide) groups is 1. The average molecular weight is 443 g/mol. The van der Waals surface area contributed by atoms with Gasteiger partial charge in [-0.25, -0.2) is 8.42 Å². The fraction of sp³-hybridized carbons (Fsp3) is 0.500. The zero-order chi connectivity index (χ0) is 21.1. The second kappa shape index (κ2) is 9.23. The number of carbonyl (C=O) groups is 1. The van der Waals surface area contributed by atoms with Gasteiger partial charge in [0.1, 0.15) is 6.04 Å². The lowest BCUT2D eigenvalue weighted by Gasteiger charge is -2.30. The highest BCUT2D eigenvalue weighted by Crippen LogP contribution is 2.30. The molecular weight excluding hydrogens is 416 g/mol. The zero-order valence-corrected chi connectivity index (χ0v) is 19.3. The summed E-state index contributed by atoms with van der Waals surface area (Å²) < 4.78 is 27.1. The Morgan fingerprint density at radius 1 is 1.21 bits per heavy atom. The number of anilines is 2. The van der Waals surface area contributed by atoms with Crippen LogP contribution in [0.2, 0.25) is 0 Å². The van der Waals surface area contributed by atoms with E-state index in [1.807, 2.05) is 33.8 Å². The first kappa shape index (κ1) is 22.6. The first-order valence-electron chi connectivity index (χ1n) is 8.90. The summed E-state index contributed by atoms with van der Waals surface area (Å²) in [6.07, 6.45) is 1.43. The number of aryl methyl sites for hydroxylation is 2. The van der Waals surface area contributed by atoms with Gasteiger partial charge < -0.3 is 0 Å². The van der Waals surface area contributed by atoms with Gasteiger partial charge in [-0.3, -0.25) is 14.4 Å². The minimum absolute atomic E-state index is 0.318. The number of carbonyl (C=O) groups excluding carboxylic acids is 1. The lowest BCUT2D eigenvalue weighted by molar-refractivity contribution is -0.117. The van der Waals surface area contributed by atoms with Crippen molar-refractivity contribution in [1.82, 2.24) is 10.2 Å². The minimum Gasteiger partial charge on any atom is -0.299 e. The molecule has 0 aliphatic heterocycles. The summed E-state index contributed by atoms with van der Waals surface area (Å²) in [4.78, 5) is 12.9. The molecule has 1 atom stereocenters. The molecule has 1 N–H and O–H groups in total. The third kappa shape index (κ3) is 5.92. The summed E-state index contributed by atoms with van der Waals surface area (Å²) in [6.45, 7) is 9.67. The molecule has 1 amide bonds. The van der Waals surface area contributed by atoms with E-state index in [0.717, 1.165) is 21.7 Å². The van der Waals surface area contributed by atoms with Gasteiger partial charge in [0.15, 0.2) is 4.34 Å². The molecule has 2 rings (SSSR count). The molecule has 0 aliphatic rings. The van der Waals surface area contributed by atoms with Gasteiger partial charge in [0, 0.05) is 5.25 Å². The van der Waals surface area contributed by atoms with Gasteiger partial charge in [0.2, 0.25) is 21.1 Å². The second-order valence-corrected chi connectivity index (χ2v) is 11.5. The predicted octanol–water partition coefficient (Wildman–Crippen LogP) is 3.84. The Morgan fingerprint density at radius 2 is 1.82 bits per heavy atom. The van der Waals surface area contributed by atoms with E-state index in [0.29, 0.717) is 22.5 Å². The molecule has 2 aromatic rings. The van der Waals surface area contributed by atoms with Crippen LogP contribution < -0.4 is 9.62 Å². The molecule has 28 heavy (non-hydrogen) atoms. The molecule has 1 heterocycles. The number of rotatable bonds is 8. The van der Waals surface area contributed by atoms with E-state index in [1.54, 1.807) is 30.8 Å². The predicted molar refractivity (Wildman–Crippen MR) is 117 cm³/mol. The molecule has 0 fully saturated rings. The number of hydrogen-bond acceptors (Lipinski definition) is 7. The number of nitrogens with one attached hydrogen (secondary N) is 1. The second-order valence-electron chi connectivity index (χ2n) is 6.86. The summed E-state index contributed by atoms with van der Waals surface area (Å²) in [6, 6.07) is 4.61. The van der Waals surface area contributed by atoms with E-state index in [4.69, 9.17) is 0 Å². The Bertz CT molecular complexity index is 921. The fourth-order valence-corrected chi connectivity index (χ4v) is 6.01. The molecule has 7 nitrogen and oxygen atoms in total. The lowest BCUT2D eigenvalue weighted by Crippen LogP contribution is -2.47. The highest BCUT2D eigenvalue weighted by atomic mass is 32.2. The molecule has 0 saturated carbocycles. The van der Waals surface area contributed by atoms with Gasteiger partial charge in [0.25, 0.3) is 0 Å². The molecule has 0 spiro atoms. The highest BCUT2D eigenvalue weighted by Gasteiger charge is 2.32. The van der Waals surface area contributed by atoms with E-state index in [2.05, 4.69) is 15.5 Å². The van der Waals surface area contributed by atoms with Gasteiger partial charge in [-0.05, 0) is 43.5 Å². The average Bonchev–Trinajstić information content (AvgIpc) is 2.95. The summed E-state index contributed by atoms with van der Waals surface area (Å²) >= 11 is 2.84. The van der Waals surface area contributed by atoms with Crippen LogP contribution in [-0.2, 0) is 14.8 Å². The molecule has 0 radical (unpaired) electrons. The van der Waals surface area contributed by atoms with Crippen molar-refractivity contribution in [2.24, 2.45) is 0 Å². The van der Waals surface area contributed by atoms with Crippen molar-refractivity contribution < 1.29 is 13.2 Å². The highest BCUT2D eigenvalue weighted by molar-refractivity contribution is 8.01. The molecule has 10 heteroatoms. The Labute approximate surface area is 175 Å². The van der Waals surface area contributed by atoms with Crippen molar-refractivity contribution in [3.05, 3.63) is 29.3 Å². The minimum atomic E-state index is -3.68. The van der Waals surface area contributed by atoms with Gasteiger partial charge >= 0.3 is 0 Å². The van der Waals surface area contributed by atoms with Crippen LogP contribution in [0.3, 0.4) is 0 Å². The number of benzene rings is 1. The van der Waals surface area contributed by atoms with Crippen LogP contribution >= 0.6 is 23.1 Å². The van der Waals surface area contributed by atoms with Crippen LogP contribution in [0.4, 0.5) is 10.8 Å². The number of nitrogens with zero attached hydrogens (tertiary/aromatic N) is 3. The summed E-state index contributed by atoms with van der Waals surface area (Å²) in [5.74, 6) is -0.427. The molecule has 0 aliphatic carbocycles. The molecule has 1 unspecified atom stereocenters. The molecule has 1 aromatic carbocycles. The van der Waals surface area contributed by atoms with Crippen molar-refractivity contribution in [1.29, 1.82) is 0 Å². The van der Waals surface area contributed by atoms with E-state index in [-0.39, 0.29) is 0 Å². The summed E-state index contributed by atoms with van der Waals surface area (Å²) in [5.41, 5.74) is 2.34. The van der Waals surface area contributed by atoms with Gasteiger partial charge in [-0.1, -0.05) is 49.9 Å². The Kier molecular flexibility index (Phi) is 7.46. The standard InChI is InChI=1S/C18H26N4O3S3/c1-7-15(16(23)19-17-20-21-18(27-17)26-11(2)3)22(28(6,24)25)14-9-12(4)8-13(5)10-14/h8-11,15H,7H2,1-6H3,(H,19,20,23). The normalized spacial score (nSPS) is 12.8. The third-order valence-electron chi connectivity index (χ3n) is 3.76. The molecule has 0 saturated heterocycles. The lowest BCUT2D eigenvalue weighted by atomic mass is 10.1. The molecular formula is C18H26N4O3S3. The zero-order valence-electron chi connectivity index (χ0n) is 16.9. The van der Waals surface area contributed by atoms with Crippen LogP contribution in [0.15, 0.2) is 22.5 Å². The van der Waals surface area contributed by atoms with Crippen LogP contribution in [0.1, 0.15) is 38.3 Å². The maximum absolute atomic E-state index is 12.9. The molecule has 154 valence electrons. The van der Waals surface area contributed by atoms with Crippen LogP contribution in [0, 0.1) is 13.8 Å². The Morgan fingerprint density at radius 3 is 2.32 bits per heavy atom. The van der Waals surface area contributed by atoms with Crippen molar-refractivity contribution in [2.75, 3.05) is 15.9 Å². The van der Waals surface area contributed by atoms with Crippen molar-refractivity contribution >= 4 is 49.8 Å². The van der Waals surface area contributed by atoms with Gasteiger partial charge in [-0.15, -0.1) is 10.2 Å². The number of aromatic nitrogens is 2. The topological polar surface area (TPSA) is 92.3 Å². The van der Waals surface area contributed by atoms with Gasteiger partial charge in [0.05, 0.1) is 11.9 Å². The molecule has 0 bridgehead atoms. The van der Waals surface area contributed by atoms with E-state index >= 15 is 0 Å². The van der Waals surface area contributed by atoms with Crippen molar-refractivity contribution in [2.45, 2.75) is 56.7 Å². The largest absolute Gasteiger partial charge is 0.299 e. The Hall–Kier alpha value is -1.65. The number of sulfonamides is 1. The van der Waals surface area contributed by atoms with Gasteiger partial charge in [-0.2, -0.15) is 0 Å². The smallest absolute Gasteiger partial charge is 0.250 e. The third-order valence-corrected chi connectivity index (χ3v) is 6.87.